The van der Waals surface area contributed by atoms with Crippen molar-refractivity contribution in [2.75, 3.05) is 6.61 Å². The Bertz CT molecular complexity index is 977. The average molecular weight is 374 g/mol. The summed E-state index contributed by atoms with van der Waals surface area (Å²) in [6, 6.07) is 21.7. The fourth-order valence-corrected chi connectivity index (χ4v) is 2.81. The standard InChI is InChI=1S/C24H22O4/c1-3-18-8-7-11-21(15-18)27-16-23(25)28-22-13-12-20(14-17(22)2)24(26)19-9-5-4-6-10-19/h4-15H,3,16H2,1-2H3. The van der Waals surface area contributed by atoms with Gasteiger partial charge in [0.1, 0.15) is 11.5 Å². The summed E-state index contributed by atoms with van der Waals surface area (Å²) >= 11 is 0. The Morgan fingerprint density at radius 2 is 1.64 bits per heavy atom. The first-order valence-corrected chi connectivity index (χ1v) is 9.19. The van der Waals surface area contributed by atoms with Crippen LogP contribution >= 0.6 is 0 Å². The summed E-state index contributed by atoms with van der Waals surface area (Å²) in [5.41, 5.74) is 3.02. The third-order valence-corrected chi connectivity index (χ3v) is 4.36. The van der Waals surface area contributed by atoms with Crippen molar-refractivity contribution in [1.82, 2.24) is 0 Å². The third-order valence-electron chi connectivity index (χ3n) is 4.36. The van der Waals surface area contributed by atoms with Crippen LogP contribution in [0.4, 0.5) is 0 Å². The summed E-state index contributed by atoms with van der Waals surface area (Å²) < 4.78 is 10.9. The molecule has 0 radical (unpaired) electrons. The van der Waals surface area contributed by atoms with Crippen LogP contribution in [0.15, 0.2) is 72.8 Å². The lowest BCUT2D eigenvalue weighted by atomic mass is 10.0. The minimum Gasteiger partial charge on any atom is -0.482 e. The van der Waals surface area contributed by atoms with E-state index < -0.39 is 5.97 Å². The van der Waals surface area contributed by atoms with Crippen molar-refractivity contribution in [3.63, 3.8) is 0 Å². The van der Waals surface area contributed by atoms with E-state index in [9.17, 15) is 9.59 Å². The number of benzene rings is 3. The average Bonchev–Trinajstić information content (AvgIpc) is 2.74. The van der Waals surface area contributed by atoms with Gasteiger partial charge in [0, 0.05) is 11.1 Å². The van der Waals surface area contributed by atoms with Gasteiger partial charge < -0.3 is 9.47 Å². The molecule has 0 atom stereocenters. The zero-order valence-electron chi connectivity index (χ0n) is 16.0. The smallest absolute Gasteiger partial charge is 0.349 e. The van der Waals surface area contributed by atoms with Crippen LogP contribution in [0, 0.1) is 6.92 Å². The molecule has 0 aliphatic rings. The van der Waals surface area contributed by atoms with Gasteiger partial charge in [0.15, 0.2) is 12.4 Å². The number of rotatable bonds is 7. The van der Waals surface area contributed by atoms with Crippen molar-refractivity contribution in [2.24, 2.45) is 0 Å². The van der Waals surface area contributed by atoms with Gasteiger partial charge in [-0.25, -0.2) is 4.79 Å². The van der Waals surface area contributed by atoms with Crippen LogP contribution in [-0.4, -0.2) is 18.4 Å². The first-order valence-electron chi connectivity index (χ1n) is 9.19. The highest BCUT2D eigenvalue weighted by Gasteiger charge is 2.13. The molecule has 3 aromatic carbocycles. The largest absolute Gasteiger partial charge is 0.482 e. The Morgan fingerprint density at radius 3 is 2.36 bits per heavy atom. The summed E-state index contributed by atoms with van der Waals surface area (Å²) in [5.74, 6) is 0.491. The lowest BCUT2D eigenvalue weighted by Crippen LogP contribution is -2.18. The van der Waals surface area contributed by atoms with Gasteiger partial charge in [-0.3, -0.25) is 4.79 Å². The highest BCUT2D eigenvalue weighted by molar-refractivity contribution is 6.09. The van der Waals surface area contributed by atoms with Gasteiger partial charge in [-0.1, -0.05) is 49.4 Å². The van der Waals surface area contributed by atoms with E-state index in [1.807, 2.05) is 42.5 Å². The molecule has 4 heteroatoms. The molecule has 0 spiro atoms. The molecule has 0 aromatic heterocycles. The van der Waals surface area contributed by atoms with Gasteiger partial charge in [0.2, 0.25) is 0 Å². The molecule has 0 aliphatic carbocycles. The van der Waals surface area contributed by atoms with Crippen LogP contribution in [0.1, 0.15) is 34.0 Å². The van der Waals surface area contributed by atoms with E-state index in [1.165, 1.54) is 0 Å². The number of ketones is 1. The van der Waals surface area contributed by atoms with E-state index >= 15 is 0 Å². The number of carbonyl (C=O) groups excluding carboxylic acids is 2. The molecule has 0 saturated carbocycles. The molecule has 3 rings (SSSR count). The number of hydrogen-bond acceptors (Lipinski definition) is 4. The Morgan fingerprint density at radius 1 is 0.857 bits per heavy atom. The quantitative estimate of drug-likeness (QED) is 0.339. The second kappa shape index (κ2) is 9.00. The minimum atomic E-state index is -0.493. The highest BCUT2D eigenvalue weighted by Crippen LogP contribution is 2.21. The molecule has 142 valence electrons. The van der Waals surface area contributed by atoms with Crippen LogP contribution in [-0.2, 0) is 11.2 Å². The van der Waals surface area contributed by atoms with Gasteiger partial charge >= 0.3 is 5.97 Å². The van der Waals surface area contributed by atoms with E-state index in [0.29, 0.717) is 28.2 Å². The second-order valence-electron chi connectivity index (χ2n) is 6.44. The monoisotopic (exact) mass is 374 g/mol. The van der Waals surface area contributed by atoms with Gasteiger partial charge in [0.05, 0.1) is 0 Å². The topological polar surface area (TPSA) is 52.6 Å². The molecule has 4 nitrogen and oxygen atoms in total. The number of carbonyl (C=O) groups is 2. The van der Waals surface area contributed by atoms with Crippen molar-refractivity contribution in [3.8, 4) is 11.5 Å². The predicted octanol–water partition coefficient (Wildman–Crippen LogP) is 4.77. The Labute approximate surface area is 164 Å². The molecular formula is C24H22O4. The summed E-state index contributed by atoms with van der Waals surface area (Å²) in [6.45, 7) is 3.68. The van der Waals surface area contributed by atoms with E-state index in [0.717, 1.165) is 12.0 Å². The van der Waals surface area contributed by atoms with Crippen LogP contribution in [0.5, 0.6) is 11.5 Å². The summed E-state index contributed by atoms with van der Waals surface area (Å²) in [4.78, 5) is 24.6. The molecule has 0 amide bonds. The Hall–Kier alpha value is -3.40. The lowest BCUT2D eigenvalue weighted by molar-refractivity contribution is -0.136. The zero-order chi connectivity index (χ0) is 19.9. The summed E-state index contributed by atoms with van der Waals surface area (Å²) in [6.07, 6.45) is 0.898. The molecule has 0 unspecified atom stereocenters. The molecule has 0 saturated heterocycles. The van der Waals surface area contributed by atoms with E-state index in [1.54, 1.807) is 37.3 Å². The fourth-order valence-electron chi connectivity index (χ4n) is 2.81. The molecule has 0 heterocycles. The van der Waals surface area contributed by atoms with Crippen LogP contribution in [0.3, 0.4) is 0 Å². The third kappa shape index (κ3) is 4.86. The van der Waals surface area contributed by atoms with Crippen molar-refractivity contribution in [2.45, 2.75) is 20.3 Å². The molecule has 28 heavy (non-hydrogen) atoms. The van der Waals surface area contributed by atoms with E-state index in [4.69, 9.17) is 9.47 Å². The highest BCUT2D eigenvalue weighted by atomic mass is 16.6. The van der Waals surface area contributed by atoms with E-state index in [2.05, 4.69) is 6.92 Å². The van der Waals surface area contributed by atoms with Crippen molar-refractivity contribution < 1.29 is 19.1 Å². The molecule has 0 fully saturated rings. The number of aryl methyl sites for hydroxylation is 2. The van der Waals surface area contributed by atoms with Crippen LogP contribution < -0.4 is 9.47 Å². The van der Waals surface area contributed by atoms with Gasteiger partial charge in [-0.05, 0) is 54.8 Å². The van der Waals surface area contributed by atoms with E-state index in [-0.39, 0.29) is 12.4 Å². The maximum atomic E-state index is 12.5. The molecule has 3 aromatic rings. The molecule has 0 N–H and O–H groups in total. The summed E-state index contributed by atoms with van der Waals surface area (Å²) in [7, 11) is 0. The van der Waals surface area contributed by atoms with Gasteiger partial charge in [-0.15, -0.1) is 0 Å². The van der Waals surface area contributed by atoms with Gasteiger partial charge in [0.25, 0.3) is 0 Å². The SMILES string of the molecule is CCc1cccc(OCC(=O)Oc2ccc(C(=O)c3ccccc3)cc2C)c1. The van der Waals surface area contributed by atoms with Crippen LogP contribution in [0.25, 0.3) is 0 Å². The zero-order valence-corrected chi connectivity index (χ0v) is 16.0. The maximum Gasteiger partial charge on any atom is 0.349 e. The number of esters is 1. The number of hydrogen-bond donors (Lipinski definition) is 0. The normalized spacial score (nSPS) is 10.4. The van der Waals surface area contributed by atoms with Crippen molar-refractivity contribution >= 4 is 11.8 Å². The minimum absolute atomic E-state index is 0.0688. The molecule has 0 bridgehead atoms. The second-order valence-corrected chi connectivity index (χ2v) is 6.44. The van der Waals surface area contributed by atoms with Crippen molar-refractivity contribution in [3.05, 3.63) is 95.1 Å². The number of ether oxygens (including phenoxy) is 2. The maximum absolute atomic E-state index is 12.5. The van der Waals surface area contributed by atoms with Crippen molar-refractivity contribution in [1.29, 1.82) is 0 Å². The predicted molar refractivity (Wildman–Crippen MR) is 108 cm³/mol. The first-order chi connectivity index (χ1) is 13.6. The molecular weight excluding hydrogens is 352 g/mol. The lowest BCUT2D eigenvalue weighted by Gasteiger charge is -2.10. The first kappa shape index (κ1) is 19.4. The fraction of sp³-hybridized carbons (Fsp3) is 0.167. The molecule has 0 aliphatic heterocycles. The van der Waals surface area contributed by atoms with Gasteiger partial charge in [-0.2, -0.15) is 0 Å². The Kier molecular flexibility index (Phi) is 6.22. The summed E-state index contributed by atoms with van der Waals surface area (Å²) in [5, 5.41) is 0. The van der Waals surface area contributed by atoms with Crippen LogP contribution in [0.2, 0.25) is 0 Å². The Balaban J connectivity index is 1.62.